The first-order valence-electron chi connectivity index (χ1n) is 7.91. The van der Waals surface area contributed by atoms with Gasteiger partial charge in [0.15, 0.2) is 0 Å². The van der Waals surface area contributed by atoms with Crippen LogP contribution in [-0.4, -0.2) is 25.7 Å². The second-order valence-corrected chi connectivity index (χ2v) is 6.67. The molecule has 2 N–H and O–H groups in total. The number of hydrogen-bond donors (Lipinski definition) is 2. The van der Waals surface area contributed by atoms with Crippen LogP contribution < -0.4 is 10.6 Å². The fourth-order valence-corrected chi connectivity index (χ4v) is 4.26. The maximum Gasteiger partial charge on any atom is 0.0174 e. The molecule has 19 heavy (non-hydrogen) atoms. The van der Waals surface area contributed by atoms with E-state index >= 15 is 0 Å². The van der Waals surface area contributed by atoms with Crippen molar-refractivity contribution in [2.75, 3.05) is 19.6 Å². The summed E-state index contributed by atoms with van der Waals surface area (Å²) >= 11 is 0. The zero-order chi connectivity index (χ0) is 12.7. The molecule has 3 aliphatic rings. The molecule has 2 heteroatoms. The third-order valence-electron chi connectivity index (χ3n) is 5.58. The van der Waals surface area contributed by atoms with Crippen LogP contribution in [0, 0.1) is 5.92 Å². The van der Waals surface area contributed by atoms with Gasteiger partial charge in [-0.3, -0.25) is 0 Å². The van der Waals surface area contributed by atoms with Crippen LogP contribution in [0.3, 0.4) is 0 Å². The van der Waals surface area contributed by atoms with Gasteiger partial charge in [-0.25, -0.2) is 0 Å². The molecule has 0 radical (unpaired) electrons. The molecule has 1 heterocycles. The maximum atomic E-state index is 3.87. The summed E-state index contributed by atoms with van der Waals surface area (Å²) < 4.78 is 0. The molecule has 1 spiro atoms. The Morgan fingerprint density at radius 1 is 1.21 bits per heavy atom. The molecule has 1 aromatic carbocycles. The summed E-state index contributed by atoms with van der Waals surface area (Å²) in [5, 5.41) is 7.32. The van der Waals surface area contributed by atoms with E-state index in [9.17, 15) is 0 Å². The summed E-state index contributed by atoms with van der Waals surface area (Å²) in [7, 11) is 0. The molecule has 1 saturated carbocycles. The first-order valence-corrected chi connectivity index (χ1v) is 7.91. The van der Waals surface area contributed by atoms with Crippen molar-refractivity contribution in [1.29, 1.82) is 0 Å². The largest absolute Gasteiger partial charge is 0.317 e. The molecule has 0 bridgehead atoms. The zero-order valence-corrected chi connectivity index (χ0v) is 11.6. The van der Waals surface area contributed by atoms with E-state index in [4.69, 9.17) is 0 Å². The van der Waals surface area contributed by atoms with E-state index in [1.165, 1.54) is 51.7 Å². The number of rotatable bonds is 3. The first kappa shape index (κ1) is 11.9. The highest BCUT2D eigenvalue weighted by atomic mass is 15.0. The van der Waals surface area contributed by atoms with Gasteiger partial charge in [-0.15, -0.1) is 0 Å². The fourth-order valence-electron chi connectivity index (χ4n) is 4.26. The predicted octanol–water partition coefficient (Wildman–Crippen LogP) is 2.23. The second kappa shape index (κ2) is 4.60. The van der Waals surface area contributed by atoms with Crippen LogP contribution in [-0.2, 0) is 11.8 Å². The molecule has 2 atom stereocenters. The van der Waals surface area contributed by atoms with Gasteiger partial charge in [0.05, 0.1) is 0 Å². The van der Waals surface area contributed by atoms with Crippen LogP contribution in [0.15, 0.2) is 24.3 Å². The zero-order valence-electron chi connectivity index (χ0n) is 11.6. The minimum Gasteiger partial charge on any atom is -0.317 e. The molecule has 102 valence electrons. The molecule has 1 aliphatic heterocycles. The molecule has 0 unspecified atom stereocenters. The number of aryl methyl sites for hydroxylation is 1. The standard InChI is InChI=1S/C17H24N2/c1-2-4-15-14(3-1)5-8-17(15)11-16(17)19-12-13-6-9-18-10-7-13/h1-4,13,16,18-19H,5-12H2/t16-,17+/m1/s1. The second-order valence-electron chi connectivity index (χ2n) is 6.67. The van der Waals surface area contributed by atoms with E-state index in [0.717, 1.165) is 12.0 Å². The van der Waals surface area contributed by atoms with Crippen molar-refractivity contribution in [3.8, 4) is 0 Å². The Morgan fingerprint density at radius 3 is 2.95 bits per heavy atom. The highest BCUT2D eigenvalue weighted by molar-refractivity contribution is 5.46. The van der Waals surface area contributed by atoms with Gasteiger partial charge in [0.1, 0.15) is 0 Å². The lowest BCUT2D eigenvalue weighted by Crippen LogP contribution is -2.35. The average Bonchev–Trinajstić information content (AvgIpc) is 3.06. The summed E-state index contributed by atoms with van der Waals surface area (Å²) in [5.41, 5.74) is 3.77. The molecule has 1 saturated heterocycles. The van der Waals surface area contributed by atoms with E-state index in [2.05, 4.69) is 34.9 Å². The Hall–Kier alpha value is -0.860. The van der Waals surface area contributed by atoms with E-state index < -0.39 is 0 Å². The van der Waals surface area contributed by atoms with Gasteiger partial charge in [-0.1, -0.05) is 24.3 Å². The summed E-state index contributed by atoms with van der Waals surface area (Å²) in [5.74, 6) is 0.899. The molecule has 4 rings (SSSR count). The van der Waals surface area contributed by atoms with E-state index in [1.54, 1.807) is 11.1 Å². The average molecular weight is 256 g/mol. The lowest BCUT2D eigenvalue weighted by Gasteiger charge is -2.23. The summed E-state index contributed by atoms with van der Waals surface area (Å²) in [6.07, 6.45) is 6.74. The normalized spacial score (nSPS) is 33.6. The number of benzene rings is 1. The summed E-state index contributed by atoms with van der Waals surface area (Å²) in [4.78, 5) is 0. The van der Waals surface area contributed by atoms with Crippen LogP contribution in [0.4, 0.5) is 0 Å². The number of hydrogen-bond acceptors (Lipinski definition) is 2. The highest BCUT2D eigenvalue weighted by Crippen LogP contribution is 2.56. The Kier molecular flexibility index (Phi) is 2.89. The van der Waals surface area contributed by atoms with Crippen molar-refractivity contribution in [2.45, 2.75) is 43.6 Å². The van der Waals surface area contributed by atoms with Gasteiger partial charge in [-0.05, 0) is 68.8 Å². The van der Waals surface area contributed by atoms with Crippen molar-refractivity contribution < 1.29 is 0 Å². The molecular formula is C17H24N2. The minimum atomic E-state index is 0.517. The Morgan fingerprint density at radius 2 is 2.05 bits per heavy atom. The first-order chi connectivity index (χ1) is 9.38. The smallest absolute Gasteiger partial charge is 0.0174 e. The minimum absolute atomic E-state index is 0.517. The van der Waals surface area contributed by atoms with Crippen LogP contribution in [0.1, 0.15) is 36.8 Å². The third-order valence-corrected chi connectivity index (χ3v) is 5.58. The Balaban J connectivity index is 1.39. The number of piperidine rings is 1. The molecule has 2 nitrogen and oxygen atoms in total. The van der Waals surface area contributed by atoms with Crippen molar-refractivity contribution in [3.05, 3.63) is 35.4 Å². The number of fused-ring (bicyclic) bond motifs is 2. The lowest BCUT2D eigenvalue weighted by molar-refractivity contribution is 0.351. The maximum absolute atomic E-state index is 3.87. The van der Waals surface area contributed by atoms with Crippen molar-refractivity contribution in [3.63, 3.8) is 0 Å². The molecule has 0 amide bonds. The predicted molar refractivity (Wildman–Crippen MR) is 78.4 cm³/mol. The molecule has 2 aliphatic carbocycles. The van der Waals surface area contributed by atoms with Crippen molar-refractivity contribution >= 4 is 0 Å². The van der Waals surface area contributed by atoms with Crippen molar-refractivity contribution in [1.82, 2.24) is 10.6 Å². The monoisotopic (exact) mass is 256 g/mol. The molecule has 1 aromatic rings. The lowest BCUT2D eigenvalue weighted by atomic mass is 9.96. The van der Waals surface area contributed by atoms with Crippen molar-refractivity contribution in [2.24, 2.45) is 5.92 Å². The quantitative estimate of drug-likeness (QED) is 0.866. The van der Waals surface area contributed by atoms with Crippen LogP contribution >= 0.6 is 0 Å². The Labute approximate surface area is 116 Å². The van der Waals surface area contributed by atoms with Gasteiger partial charge in [-0.2, -0.15) is 0 Å². The van der Waals surface area contributed by atoms with Gasteiger partial charge in [0.2, 0.25) is 0 Å². The van der Waals surface area contributed by atoms with Crippen LogP contribution in [0.2, 0.25) is 0 Å². The van der Waals surface area contributed by atoms with Crippen LogP contribution in [0.25, 0.3) is 0 Å². The van der Waals surface area contributed by atoms with Gasteiger partial charge < -0.3 is 10.6 Å². The van der Waals surface area contributed by atoms with Crippen LogP contribution in [0.5, 0.6) is 0 Å². The summed E-state index contributed by atoms with van der Waals surface area (Å²) in [6, 6.07) is 9.86. The summed E-state index contributed by atoms with van der Waals surface area (Å²) in [6.45, 7) is 3.66. The third kappa shape index (κ3) is 2.02. The van der Waals surface area contributed by atoms with Gasteiger partial charge in [0, 0.05) is 11.5 Å². The topological polar surface area (TPSA) is 24.1 Å². The SMILES string of the molecule is c1ccc2c(c1)CC[C@]21C[C@H]1NCC1CCNCC1. The molecule has 0 aromatic heterocycles. The highest BCUT2D eigenvalue weighted by Gasteiger charge is 2.57. The fraction of sp³-hybridized carbons (Fsp3) is 0.647. The molecule has 2 fully saturated rings. The van der Waals surface area contributed by atoms with E-state index in [-0.39, 0.29) is 0 Å². The van der Waals surface area contributed by atoms with Gasteiger partial charge >= 0.3 is 0 Å². The van der Waals surface area contributed by atoms with E-state index in [1.807, 2.05) is 0 Å². The van der Waals surface area contributed by atoms with E-state index in [0.29, 0.717) is 5.41 Å². The number of nitrogens with one attached hydrogen (secondary N) is 2. The Bertz CT molecular complexity index is 464. The molecular weight excluding hydrogens is 232 g/mol. The van der Waals surface area contributed by atoms with Gasteiger partial charge in [0.25, 0.3) is 0 Å².